The van der Waals surface area contributed by atoms with Crippen LogP contribution in [0.2, 0.25) is 0 Å². The summed E-state index contributed by atoms with van der Waals surface area (Å²) >= 11 is 0. The summed E-state index contributed by atoms with van der Waals surface area (Å²) in [6.45, 7) is 2.36. The summed E-state index contributed by atoms with van der Waals surface area (Å²) in [5.41, 5.74) is 0.912. The van der Waals surface area contributed by atoms with Crippen LogP contribution in [0.4, 0.5) is 5.69 Å². The zero-order chi connectivity index (χ0) is 12.8. The second-order valence-corrected chi connectivity index (χ2v) is 4.00. The number of carboxylic acids is 1. The van der Waals surface area contributed by atoms with Crippen LogP contribution < -0.4 is 9.64 Å². The molecule has 0 aliphatic carbocycles. The van der Waals surface area contributed by atoms with Crippen molar-refractivity contribution in [1.29, 1.82) is 0 Å². The van der Waals surface area contributed by atoms with Crippen molar-refractivity contribution in [1.82, 2.24) is 0 Å². The van der Waals surface area contributed by atoms with Crippen molar-refractivity contribution in [3.05, 3.63) is 24.3 Å². The third-order valence-electron chi connectivity index (χ3n) is 2.83. The van der Waals surface area contributed by atoms with Crippen LogP contribution in [0.1, 0.15) is 13.3 Å². The number of hydrogen-bond donors (Lipinski definition) is 1. The third-order valence-corrected chi connectivity index (χ3v) is 2.83. The van der Waals surface area contributed by atoms with Crippen LogP contribution >= 0.6 is 0 Å². The Balaban J connectivity index is 2.81. The highest BCUT2D eigenvalue weighted by atomic mass is 16.5. The first kappa shape index (κ1) is 13.4. The highest BCUT2D eigenvalue weighted by Crippen LogP contribution is 2.27. The van der Waals surface area contributed by atoms with Crippen LogP contribution in [-0.2, 0) is 4.79 Å². The van der Waals surface area contributed by atoms with Gasteiger partial charge in [0.2, 0.25) is 0 Å². The van der Waals surface area contributed by atoms with Crippen molar-refractivity contribution in [2.45, 2.75) is 13.3 Å². The molecule has 4 nitrogen and oxygen atoms in total. The molecule has 1 N–H and O–H groups in total. The Morgan fingerprint density at radius 1 is 1.47 bits per heavy atom. The molecule has 0 radical (unpaired) electrons. The fourth-order valence-electron chi connectivity index (χ4n) is 1.76. The maximum absolute atomic E-state index is 11.0. The number of methoxy groups -OCH3 is 1. The fraction of sp³-hybridized carbons (Fsp3) is 0.462. The van der Waals surface area contributed by atoms with Crippen LogP contribution in [0.25, 0.3) is 0 Å². The molecule has 0 aliphatic heterocycles. The quantitative estimate of drug-likeness (QED) is 0.824. The van der Waals surface area contributed by atoms with Gasteiger partial charge in [0.15, 0.2) is 0 Å². The number of aliphatic carboxylic acids is 1. The molecule has 0 saturated carbocycles. The molecule has 1 aromatic rings. The summed E-state index contributed by atoms with van der Waals surface area (Å²) in [5.74, 6) is -0.352. The van der Waals surface area contributed by atoms with Gasteiger partial charge in [0.1, 0.15) is 5.75 Å². The molecule has 1 atom stereocenters. The Hall–Kier alpha value is -1.71. The van der Waals surface area contributed by atoms with Gasteiger partial charge >= 0.3 is 5.97 Å². The van der Waals surface area contributed by atoms with Crippen LogP contribution in [0.5, 0.6) is 5.75 Å². The van der Waals surface area contributed by atoms with E-state index in [1.807, 2.05) is 43.1 Å². The largest absolute Gasteiger partial charge is 0.495 e. The Morgan fingerprint density at radius 2 is 2.12 bits per heavy atom. The highest BCUT2D eigenvalue weighted by molar-refractivity contribution is 5.71. The lowest BCUT2D eigenvalue weighted by atomic mass is 10.1. The lowest BCUT2D eigenvalue weighted by Crippen LogP contribution is -2.30. The maximum atomic E-state index is 11.0. The zero-order valence-electron chi connectivity index (χ0n) is 10.5. The predicted octanol–water partition coefficient (Wildman–Crippen LogP) is 2.24. The molecular weight excluding hydrogens is 218 g/mol. The maximum Gasteiger partial charge on any atom is 0.308 e. The van der Waals surface area contributed by atoms with Crippen LogP contribution in [0, 0.1) is 5.92 Å². The lowest BCUT2D eigenvalue weighted by molar-refractivity contribution is -0.141. The Morgan fingerprint density at radius 3 is 2.65 bits per heavy atom. The monoisotopic (exact) mass is 237 g/mol. The molecule has 1 aromatic carbocycles. The summed E-state index contributed by atoms with van der Waals surface area (Å²) in [6, 6.07) is 7.60. The van der Waals surface area contributed by atoms with E-state index >= 15 is 0 Å². The smallest absolute Gasteiger partial charge is 0.308 e. The molecule has 17 heavy (non-hydrogen) atoms. The van der Waals surface area contributed by atoms with E-state index in [0.29, 0.717) is 13.0 Å². The average molecular weight is 237 g/mol. The Labute approximate surface area is 102 Å². The number of para-hydroxylation sites is 2. The zero-order valence-corrected chi connectivity index (χ0v) is 10.5. The van der Waals surface area contributed by atoms with E-state index in [1.54, 1.807) is 7.11 Å². The van der Waals surface area contributed by atoms with E-state index in [0.717, 1.165) is 11.4 Å². The van der Waals surface area contributed by atoms with Gasteiger partial charge < -0.3 is 14.7 Å². The fourth-order valence-corrected chi connectivity index (χ4v) is 1.76. The predicted molar refractivity (Wildman–Crippen MR) is 67.7 cm³/mol. The Bertz CT molecular complexity index is 379. The minimum atomic E-state index is -0.755. The SMILES string of the molecule is CCC(CN(C)c1ccccc1OC)C(=O)O. The van der Waals surface area contributed by atoms with Gasteiger partial charge in [-0.05, 0) is 18.6 Å². The summed E-state index contributed by atoms with van der Waals surface area (Å²) in [7, 11) is 3.49. The topological polar surface area (TPSA) is 49.8 Å². The number of carboxylic acid groups (broad SMARTS) is 1. The van der Waals surface area contributed by atoms with Gasteiger partial charge in [0.05, 0.1) is 18.7 Å². The molecule has 1 rings (SSSR count). The first-order chi connectivity index (χ1) is 8.10. The van der Waals surface area contributed by atoms with Crippen molar-refractivity contribution in [2.24, 2.45) is 5.92 Å². The average Bonchev–Trinajstić information content (AvgIpc) is 2.35. The van der Waals surface area contributed by atoms with E-state index in [-0.39, 0.29) is 5.92 Å². The molecule has 1 unspecified atom stereocenters. The number of rotatable bonds is 6. The van der Waals surface area contributed by atoms with Crippen molar-refractivity contribution in [3.63, 3.8) is 0 Å². The van der Waals surface area contributed by atoms with Crippen molar-refractivity contribution >= 4 is 11.7 Å². The van der Waals surface area contributed by atoms with E-state index in [1.165, 1.54) is 0 Å². The molecule has 4 heteroatoms. The van der Waals surface area contributed by atoms with E-state index in [9.17, 15) is 4.79 Å². The van der Waals surface area contributed by atoms with Crippen LogP contribution in [-0.4, -0.2) is 31.8 Å². The minimum absolute atomic E-state index is 0.357. The van der Waals surface area contributed by atoms with Gasteiger partial charge in [0, 0.05) is 13.6 Å². The number of carbonyl (C=O) groups is 1. The third kappa shape index (κ3) is 3.37. The number of hydrogen-bond acceptors (Lipinski definition) is 3. The number of benzene rings is 1. The number of anilines is 1. The first-order valence-corrected chi connectivity index (χ1v) is 5.67. The van der Waals surface area contributed by atoms with Gasteiger partial charge in [0.25, 0.3) is 0 Å². The number of ether oxygens (including phenoxy) is 1. The Kier molecular flexibility index (Phi) is 4.82. The first-order valence-electron chi connectivity index (χ1n) is 5.67. The summed E-state index contributed by atoms with van der Waals surface area (Å²) < 4.78 is 5.25. The molecule has 0 fully saturated rings. The molecule has 0 aromatic heterocycles. The molecule has 94 valence electrons. The van der Waals surface area contributed by atoms with Crippen molar-refractivity contribution in [3.8, 4) is 5.75 Å². The number of nitrogens with zero attached hydrogens (tertiary/aromatic N) is 1. The van der Waals surface area contributed by atoms with E-state index in [2.05, 4.69) is 0 Å². The molecule has 0 bridgehead atoms. The summed E-state index contributed by atoms with van der Waals surface area (Å²) in [4.78, 5) is 12.9. The summed E-state index contributed by atoms with van der Waals surface area (Å²) in [5, 5.41) is 9.04. The second-order valence-electron chi connectivity index (χ2n) is 4.00. The minimum Gasteiger partial charge on any atom is -0.495 e. The molecule has 0 saturated heterocycles. The van der Waals surface area contributed by atoms with Crippen molar-refractivity contribution in [2.75, 3.05) is 25.6 Å². The van der Waals surface area contributed by atoms with E-state index in [4.69, 9.17) is 9.84 Å². The van der Waals surface area contributed by atoms with Gasteiger partial charge in [-0.1, -0.05) is 19.1 Å². The van der Waals surface area contributed by atoms with Gasteiger partial charge in [-0.2, -0.15) is 0 Å². The molecule has 0 aliphatic rings. The van der Waals surface area contributed by atoms with E-state index < -0.39 is 5.97 Å². The second kappa shape index (κ2) is 6.13. The van der Waals surface area contributed by atoms with Gasteiger partial charge in [-0.3, -0.25) is 4.79 Å². The van der Waals surface area contributed by atoms with Crippen molar-refractivity contribution < 1.29 is 14.6 Å². The van der Waals surface area contributed by atoms with Gasteiger partial charge in [-0.25, -0.2) is 0 Å². The molecule has 0 spiro atoms. The molecular formula is C13H19NO3. The van der Waals surface area contributed by atoms with Gasteiger partial charge in [-0.15, -0.1) is 0 Å². The molecule has 0 heterocycles. The molecule has 0 amide bonds. The normalized spacial score (nSPS) is 11.9. The van der Waals surface area contributed by atoms with Crippen LogP contribution in [0.3, 0.4) is 0 Å². The standard InChI is InChI=1S/C13H19NO3/c1-4-10(13(15)16)9-14(2)11-7-5-6-8-12(11)17-3/h5-8,10H,4,9H2,1-3H3,(H,15,16). The summed E-state index contributed by atoms with van der Waals surface area (Å²) in [6.07, 6.45) is 0.620. The lowest BCUT2D eigenvalue weighted by Gasteiger charge is -2.24. The van der Waals surface area contributed by atoms with Crippen LogP contribution in [0.15, 0.2) is 24.3 Å². The highest BCUT2D eigenvalue weighted by Gasteiger charge is 2.18.